The summed E-state index contributed by atoms with van der Waals surface area (Å²) in [6.45, 7) is 10.1. The number of imidazole rings is 2. The van der Waals surface area contributed by atoms with E-state index < -0.39 is 0 Å². The molecule has 1 aliphatic rings. The number of aromatic nitrogens is 15. The second-order valence-electron chi connectivity index (χ2n) is 32.6. The molecule has 17 nitrogen and oxygen atoms in total. The number of benzene rings is 16. The minimum atomic E-state index is 0. The molecule has 0 N–H and O–H groups in total. The van der Waals surface area contributed by atoms with Gasteiger partial charge >= 0.3 is 21.1 Å². The summed E-state index contributed by atoms with van der Waals surface area (Å²) in [5, 5.41) is 34.1. The molecule has 0 saturated heterocycles. The average molecular weight is 2620 g/mol. The molecule has 0 amide bonds. The van der Waals surface area contributed by atoms with Crippen molar-refractivity contribution < 1.29 is 84.3 Å². The maximum Gasteiger partial charge on any atom is 4.00 e. The van der Waals surface area contributed by atoms with Gasteiger partial charge in [0, 0.05) is 118 Å². The molecule has 0 spiro atoms. The van der Waals surface area contributed by atoms with E-state index in [-0.39, 0.29) is 84.3 Å². The molecule has 1 aliphatic heterocycles. The van der Waals surface area contributed by atoms with Crippen molar-refractivity contribution in [3.05, 3.63) is 546 Å². The average Bonchev–Trinajstić information content (AvgIpc) is 1.65. The quantitative estimate of drug-likeness (QED) is 0.0833. The molecular formula is C125H96N17Pt4-9. The number of hydrogen-bond donors (Lipinski definition) is 0. The molecule has 0 unspecified atom stereocenters. The Balaban J connectivity index is 0.000000141. The Morgan fingerprint density at radius 1 is 0.322 bits per heavy atom. The van der Waals surface area contributed by atoms with Crippen LogP contribution < -0.4 is 25.2 Å². The normalized spacial score (nSPS) is 10.6. The molecule has 16 aromatic carbocycles. The summed E-state index contributed by atoms with van der Waals surface area (Å²) < 4.78 is 5.65. The minimum absolute atomic E-state index is 0. The summed E-state index contributed by atoms with van der Waals surface area (Å²) in [5.74, 6) is 2.93. The molecule has 0 atom stereocenters. The minimum Gasteiger partial charge on any atom is -0.618 e. The molecular weight excluding hydrogens is 2520 g/mol. The smallest absolute Gasteiger partial charge is 0.618 e. The summed E-state index contributed by atoms with van der Waals surface area (Å²) in [4.78, 5) is 22.1. The van der Waals surface area contributed by atoms with Crippen LogP contribution >= 0.6 is 0 Å². The van der Waals surface area contributed by atoms with Gasteiger partial charge in [-0.25, -0.2) is 11.4 Å². The second kappa shape index (κ2) is 55.0. The van der Waals surface area contributed by atoms with Gasteiger partial charge in [0.1, 0.15) is 0 Å². The Labute approximate surface area is 911 Å². The van der Waals surface area contributed by atoms with Crippen molar-refractivity contribution in [2.24, 2.45) is 7.05 Å². The molecule has 0 saturated carbocycles. The van der Waals surface area contributed by atoms with Crippen LogP contribution in [0.3, 0.4) is 0 Å². The van der Waals surface area contributed by atoms with Gasteiger partial charge in [0.2, 0.25) is 0 Å². The predicted octanol–water partition coefficient (Wildman–Crippen LogP) is 27.0. The molecule has 7 aromatic heterocycles. The van der Waals surface area contributed by atoms with E-state index in [1.54, 1.807) is 17.1 Å². The number of nitrogens with zero attached hydrogens (tertiary/aromatic N) is 17. The fourth-order valence-electron chi connectivity index (χ4n) is 15.3. The first-order chi connectivity index (χ1) is 69.9. The first-order valence-corrected chi connectivity index (χ1v) is 46.2. The first-order valence-electron chi connectivity index (χ1n) is 46.2. The molecule has 730 valence electrons. The van der Waals surface area contributed by atoms with Crippen molar-refractivity contribution >= 4 is 5.69 Å². The molecule has 0 fully saturated rings. The summed E-state index contributed by atoms with van der Waals surface area (Å²) in [5.41, 5.74) is 30.3. The second-order valence-corrected chi connectivity index (χ2v) is 32.6. The first kappa shape index (κ1) is 107. The summed E-state index contributed by atoms with van der Waals surface area (Å²) in [7, 11) is 3.97. The van der Waals surface area contributed by atoms with Gasteiger partial charge in [-0.2, -0.15) is 118 Å². The third-order valence-corrected chi connectivity index (χ3v) is 22.6. The van der Waals surface area contributed by atoms with Crippen LogP contribution in [0.2, 0.25) is 0 Å². The van der Waals surface area contributed by atoms with Gasteiger partial charge in [-0.15, -0.1) is 187 Å². The van der Waals surface area contributed by atoms with E-state index in [4.69, 9.17) is 4.98 Å². The third-order valence-electron chi connectivity index (χ3n) is 22.6. The maximum absolute atomic E-state index is 4.71. The Morgan fingerprint density at radius 2 is 0.740 bits per heavy atom. The van der Waals surface area contributed by atoms with Gasteiger partial charge in [-0.05, 0) is 143 Å². The van der Waals surface area contributed by atoms with E-state index in [1.165, 1.54) is 44.5 Å². The molecule has 8 heterocycles. The Morgan fingerprint density at radius 3 is 1.17 bits per heavy atom. The number of hydrogen-bond acceptors (Lipinski definition) is 10. The molecule has 0 bridgehead atoms. The number of anilines is 1. The zero-order valence-electron chi connectivity index (χ0n) is 80.4. The van der Waals surface area contributed by atoms with E-state index in [1.807, 2.05) is 340 Å². The van der Waals surface area contributed by atoms with E-state index in [0.29, 0.717) is 11.6 Å². The van der Waals surface area contributed by atoms with Crippen LogP contribution in [0.15, 0.2) is 468 Å². The van der Waals surface area contributed by atoms with E-state index in [9.17, 15) is 0 Å². The van der Waals surface area contributed by atoms with Crippen molar-refractivity contribution in [1.82, 2.24) is 79.6 Å². The number of aryl methyl sites for hydroxylation is 4. The van der Waals surface area contributed by atoms with Crippen molar-refractivity contribution in [1.29, 1.82) is 0 Å². The van der Waals surface area contributed by atoms with Gasteiger partial charge < -0.3 is 54.8 Å². The molecule has 0 aliphatic carbocycles. The zero-order chi connectivity index (χ0) is 97.2. The van der Waals surface area contributed by atoms with Crippen LogP contribution in [0.5, 0.6) is 0 Å². The van der Waals surface area contributed by atoms with Crippen LogP contribution in [0.25, 0.3) is 158 Å². The van der Waals surface area contributed by atoms with Crippen LogP contribution in [0.4, 0.5) is 5.69 Å². The summed E-state index contributed by atoms with van der Waals surface area (Å²) >= 11 is 0. The Hall–Kier alpha value is -16.0. The Bertz CT molecular complexity index is 7490. The van der Waals surface area contributed by atoms with Gasteiger partial charge in [-0.3, -0.25) is 19.4 Å². The Kier molecular flexibility index (Phi) is 40.4. The molecule has 0 radical (unpaired) electrons. The zero-order valence-corrected chi connectivity index (χ0v) is 89.5. The predicted molar refractivity (Wildman–Crippen MR) is 569 cm³/mol. The molecule has 146 heavy (non-hydrogen) atoms. The number of para-hydroxylation sites is 3. The summed E-state index contributed by atoms with van der Waals surface area (Å²) in [6.07, 6.45) is 11.4. The maximum atomic E-state index is 4.71. The standard InChI is InChI=1S/2C22H16N2.C21H14N2.C20H13N3.C11H11N2.C10H10N2.C10H9N2.C9H7N2.4Pt/c1-16-21(24-22(23-16)20-10-6-3-7-11-20)19-14-12-18(13-15-19)17-8-4-2-5-9-17;1-16-21(19-10-6-3-7-11-19)23-24-22(16)20-14-12-18(13-15-20)17-8-4-2-5-9-17;1-3-7-16(8-4-1)17-11-13-19(14-12-17)21-15-20(22-23-21)18-9-5-2-6-10-18;1-3-7-15(8-4-1)16-11-13-18(14-12-16)20-21-19(22-23-20)17-9-5-2-6-10-17;1-9-8-10(2)13(12-9)11-6-4-3-5-7-11;1-11-7-8-12(9-11)10-5-3-2-4-6-10;1-12-8-7-11-10(12)9-5-3-2-4-6-9;1-2-5-9(6-3-1)11-8-4-7-10-11;;;;/h2*2-10,12-15H,1H3;1-9,11-15H;1-9,11-14H;3-6,8H,1-2H3;2-5,7-9H,1H3;2-5,7-8H,1H3;1-5,7-8H;;;;/q4*-2;-1;-2;2*-1;;;;+4. The molecule has 23 aromatic rings. The summed E-state index contributed by atoms with van der Waals surface area (Å²) in [6, 6.07) is 169. The fraction of sp³-hybridized carbons (Fsp3) is 0.0480. The molecule has 21 heteroatoms. The van der Waals surface area contributed by atoms with Crippen LogP contribution in [0, 0.1) is 82.9 Å². The van der Waals surface area contributed by atoms with E-state index >= 15 is 0 Å². The fourth-order valence-corrected chi connectivity index (χ4v) is 15.3. The van der Waals surface area contributed by atoms with Crippen molar-refractivity contribution in [2.45, 2.75) is 27.7 Å². The van der Waals surface area contributed by atoms with E-state index in [0.717, 1.165) is 130 Å². The third kappa shape index (κ3) is 29.4. The van der Waals surface area contributed by atoms with Gasteiger partial charge in [0.25, 0.3) is 0 Å². The van der Waals surface area contributed by atoms with Crippen LogP contribution in [-0.2, 0) is 91.3 Å². The van der Waals surface area contributed by atoms with Crippen molar-refractivity contribution in [3.8, 4) is 158 Å². The van der Waals surface area contributed by atoms with Gasteiger partial charge in [-0.1, -0.05) is 236 Å². The van der Waals surface area contributed by atoms with Crippen LogP contribution in [-0.4, -0.2) is 66.3 Å². The molecule has 24 rings (SSSR count). The SMILES string of the molecule is CN1C=CN(c2[c-]cccc2)[CH-]1.Cc1[n-]c(-c2[c-]cccc2)nc1-c1ccc(-c2ccccc2)cc1.Cc1c(-c2ccc(-c3ccccc3)cc2)n[n-]c1-c1[c-]cccc1.Cc1cc(C)n(-c2[c-]cccc2)n1.Cn1ccnc1-c1[c-]cccc1.[Pt+4].[Pt].[Pt].[Pt].[c-]1ccccc1-c1cc(-c2ccc(-c3ccccc3)cc2)n[n-]1.[c-]1ccccc1-c1nc(-c2ccc(-c3ccccc3)cc2)n[n-]1.[c-]1ccccc1-n1cccn1. The monoisotopic (exact) mass is 2610 g/mol. The van der Waals surface area contributed by atoms with E-state index in [2.05, 4.69) is 287 Å². The number of rotatable bonds is 16. The van der Waals surface area contributed by atoms with Gasteiger partial charge in [0.15, 0.2) is 0 Å². The topological polar surface area (TPSA) is 181 Å². The van der Waals surface area contributed by atoms with Crippen molar-refractivity contribution in [3.63, 3.8) is 0 Å². The van der Waals surface area contributed by atoms with Gasteiger partial charge in [0.05, 0.1) is 11.5 Å². The van der Waals surface area contributed by atoms with Crippen molar-refractivity contribution in [2.75, 3.05) is 11.9 Å². The largest absolute Gasteiger partial charge is 4.00 e. The van der Waals surface area contributed by atoms with Crippen LogP contribution in [0.1, 0.15) is 22.6 Å².